The van der Waals surface area contributed by atoms with Crippen LogP contribution in [0.2, 0.25) is 0 Å². The van der Waals surface area contributed by atoms with Gasteiger partial charge in [-0.15, -0.1) is 0 Å². The zero-order chi connectivity index (χ0) is 20.0. The van der Waals surface area contributed by atoms with E-state index in [-0.39, 0.29) is 17.3 Å². The highest BCUT2D eigenvalue weighted by molar-refractivity contribution is 5.94. The highest BCUT2D eigenvalue weighted by Crippen LogP contribution is 2.43. The van der Waals surface area contributed by atoms with Crippen LogP contribution in [0.4, 0.5) is 10.1 Å². The number of aromatic nitrogens is 1. The first-order valence-electron chi connectivity index (χ1n) is 9.65. The number of nitrogens with zero attached hydrogens (tertiary/aromatic N) is 3. The van der Waals surface area contributed by atoms with Crippen LogP contribution in [0.1, 0.15) is 34.5 Å². The van der Waals surface area contributed by atoms with Gasteiger partial charge in [0.2, 0.25) is 0 Å². The molecular formula is C23H19FN4O. The number of fused-ring (bicyclic) bond motifs is 4. The lowest BCUT2D eigenvalue weighted by atomic mass is 9.82. The van der Waals surface area contributed by atoms with E-state index in [2.05, 4.69) is 22.0 Å². The minimum atomic E-state index is -0.328. The Balaban J connectivity index is 1.40. The molecule has 1 saturated heterocycles. The van der Waals surface area contributed by atoms with E-state index < -0.39 is 0 Å². The Bertz CT molecular complexity index is 1130. The molecule has 5 nitrogen and oxygen atoms in total. The minimum absolute atomic E-state index is 0.0259. The van der Waals surface area contributed by atoms with Crippen LogP contribution in [0, 0.1) is 17.1 Å². The number of likely N-dealkylation sites (tertiary alicyclic amines) is 1. The third kappa shape index (κ3) is 2.78. The Labute approximate surface area is 168 Å². The van der Waals surface area contributed by atoms with Gasteiger partial charge in [-0.05, 0) is 67.4 Å². The second-order valence-electron chi connectivity index (χ2n) is 7.61. The molecule has 2 aromatic carbocycles. The second-order valence-corrected chi connectivity index (χ2v) is 7.61. The van der Waals surface area contributed by atoms with Crippen molar-refractivity contribution in [1.29, 1.82) is 5.26 Å². The van der Waals surface area contributed by atoms with Gasteiger partial charge in [0.15, 0.2) is 0 Å². The number of hydrogen-bond donors (Lipinski definition) is 1. The topological polar surface area (TPSA) is 61.1 Å². The lowest BCUT2D eigenvalue weighted by Gasteiger charge is -2.46. The van der Waals surface area contributed by atoms with Crippen LogP contribution in [0.3, 0.4) is 0 Å². The smallest absolute Gasteiger partial charge is 0.253 e. The molecule has 0 atom stereocenters. The van der Waals surface area contributed by atoms with E-state index in [0.29, 0.717) is 24.2 Å². The fourth-order valence-electron chi connectivity index (χ4n) is 4.46. The van der Waals surface area contributed by atoms with Crippen LogP contribution in [-0.2, 0) is 5.54 Å². The Morgan fingerprint density at radius 1 is 1.10 bits per heavy atom. The molecule has 1 aromatic heterocycles. The molecule has 0 radical (unpaired) electrons. The van der Waals surface area contributed by atoms with E-state index in [4.69, 9.17) is 5.26 Å². The molecule has 1 amide bonds. The third-order valence-electron chi connectivity index (χ3n) is 6.00. The summed E-state index contributed by atoms with van der Waals surface area (Å²) in [5.74, 6) is -0.294. The van der Waals surface area contributed by atoms with Crippen molar-refractivity contribution < 1.29 is 9.18 Å². The molecule has 3 heterocycles. The highest BCUT2D eigenvalue weighted by Gasteiger charge is 2.42. The van der Waals surface area contributed by atoms with Crippen LogP contribution in [0.25, 0.3) is 5.69 Å². The van der Waals surface area contributed by atoms with Crippen molar-refractivity contribution in [3.05, 3.63) is 83.4 Å². The summed E-state index contributed by atoms with van der Waals surface area (Å²) in [6.07, 6.45) is 3.47. The molecule has 0 aliphatic carbocycles. The minimum Gasteiger partial charge on any atom is -0.372 e. The Morgan fingerprint density at radius 3 is 2.59 bits per heavy atom. The molecule has 1 spiro atoms. The predicted octanol–water partition coefficient (Wildman–Crippen LogP) is 4.05. The first-order valence-corrected chi connectivity index (χ1v) is 9.65. The number of carbonyl (C=O) groups excluding carboxylic acids is 1. The summed E-state index contributed by atoms with van der Waals surface area (Å²) in [6, 6.07) is 17.7. The van der Waals surface area contributed by atoms with Gasteiger partial charge in [0.1, 0.15) is 5.82 Å². The van der Waals surface area contributed by atoms with Crippen LogP contribution < -0.4 is 5.32 Å². The second kappa shape index (κ2) is 6.49. The number of rotatable bonds is 1. The van der Waals surface area contributed by atoms with Crippen molar-refractivity contribution in [2.75, 3.05) is 18.4 Å². The molecule has 0 saturated carbocycles. The van der Waals surface area contributed by atoms with E-state index in [9.17, 15) is 9.18 Å². The SMILES string of the molecule is N#Cc1ccc(C(=O)N2CCC3(CC2)Nc2cc(F)ccc2-n2cccc23)cc1. The van der Waals surface area contributed by atoms with Gasteiger partial charge >= 0.3 is 0 Å². The number of nitrogens with one attached hydrogen (secondary N) is 1. The average molecular weight is 386 g/mol. The molecule has 29 heavy (non-hydrogen) atoms. The van der Waals surface area contributed by atoms with E-state index in [1.807, 2.05) is 17.2 Å². The number of carbonyl (C=O) groups is 1. The number of amides is 1. The quantitative estimate of drug-likeness (QED) is 0.687. The van der Waals surface area contributed by atoms with Crippen LogP contribution in [0.5, 0.6) is 0 Å². The van der Waals surface area contributed by atoms with Crippen molar-refractivity contribution in [3.8, 4) is 11.8 Å². The fraction of sp³-hybridized carbons (Fsp3) is 0.217. The number of benzene rings is 2. The number of halogens is 1. The Kier molecular flexibility index (Phi) is 3.92. The van der Waals surface area contributed by atoms with E-state index in [1.165, 1.54) is 12.1 Å². The van der Waals surface area contributed by atoms with Crippen molar-refractivity contribution in [1.82, 2.24) is 9.47 Å². The number of nitriles is 1. The number of hydrogen-bond acceptors (Lipinski definition) is 3. The summed E-state index contributed by atoms with van der Waals surface area (Å²) in [6.45, 7) is 1.20. The molecule has 3 aromatic rings. The molecule has 6 heteroatoms. The fourth-order valence-corrected chi connectivity index (χ4v) is 4.46. The molecule has 144 valence electrons. The average Bonchev–Trinajstić information content (AvgIpc) is 3.25. The zero-order valence-electron chi connectivity index (χ0n) is 15.7. The summed E-state index contributed by atoms with van der Waals surface area (Å²) in [7, 11) is 0. The van der Waals surface area contributed by atoms with Gasteiger partial charge in [-0.25, -0.2) is 4.39 Å². The van der Waals surface area contributed by atoms with Crippen molar-refractivity contribution >= 4 is 11.6 Å². The maximum Gasteiger partial charge on any atom is 0.253 e. The normalized spacial score (nSPS) is 16.5. The lowest BCUT2D eigenvalue weighted by Crippen LogP contribution is -2.51. The summed E-state index contributed by atoms with van der Waals surface area (Å²) < 4.78 is 16.0. The van der Waals surface area contributed by atoms with Gasteiger partial charge in [-0.1, -0.05) is 0 Å². The van der Waals surface area contributed by atoms with Gasteiger partial charge in [0.05, 0.1) is 28.5 Å². The Hall–Kier alpha value is -3.59. The van der Waals surface area contributed by atoms with Gasteiger partial charge in [-0.3, -0.25) is 4.79 Å². The maximum atomic E-state index is 13.8. The molecule has 0 unspecified atom stereocenters. The van der Waals surface area contributed by atoms with Crippen LogP contribution in [-0.4, -0.2) is 28.5 Å². The third-order valence-corrected chi connectivity index (χ3v) is 6.00. The van der Waals surface area contributed by atoms with Crippen molar-refractivity contribution in [2.45, 2.75) is 18.4 Å². The summed E-state index contributed by atoms with van der Waals surface area (Å²) in [5.41, 5.74) is 3.66. The molecule has 0 bridgehead atoms. The van der Waals surface area contributed by atoms with Crippen LogP contribution >= 0.6 is 0 Å². The molecule has 2 aliphatic rings. The molecule has 2 aliphatic heterocycles. The molecule has 1 N–H and O–H groups in total. The van der Waals surface area contributed by atoms with Crippen LogP contribution in [0.15, 0.2) is 60.8 Å². The van der Waals surface area contributed by atoms with Crippen molar-refractivity contribution in [3.63, 3.8) is 0 Å². The highest BCUT2D eigenvalue weighted by atomic mass is 19.1. The predicted molar refractivity (Wildman–Crippen MR) is 107 cm³/mol. The molecular weight excluding hydrogens is 367 g/mol. The first-order chi connectivity index (χ1) is 14.1. The van der Waals surface area contributed by atoms with Gasteiger partial charge < -0.3 is 14.8 Å². The van der Waals surface area contributed by atoms with E-state index in [1.54, 1.807) is 30.3 Å². The molecule has 5 rings (SSSR count). The largest absolute Gasteiger partial charge is 0.372 e. The summed E-state index contributed by atoms with van der Waals surface area (Å²) in [4.78, 5) is 14.7. The van der Waals surface area contributed by atoms with Gasteiger partial charge in [0.25, 0.3) is 5.91 Å². The zero-order valence-corrected chi connectivity index (χ0v) is 15.7. The lowest BCUT2D eigenvalue weighted by molar-refractivity contribution is 0.0676. The summed E-state index contributed by atoms with van der Waals surface area (Å²) >= 11 is 0. The first kappa shape index (κ1) is 17.5. The summed E-state index contributed by atoms with van der Waals surface area (Å²) in [5, 5.41) is 12.5. The van der Waals surface area contributed by atoms with Crippen molar-refractivity contribution in [2.24, 2.45) is 0 Å². The van der Waals surface area contributed by atoms with E-state index in [0.717, 1.165) is 29.9 Å². The number of anilines is 1. The van der Waals surface area contributed by atoms with Gasteiger partial charge in [-0.2, -0.15) is 5.26 Å². The standard InChI is InChI=1S/C23H19FN4O/c24-18-7-8-20-19(14-18)26-23(21-2-1-11-28(20)21)9-12-27(13-10-23)22(29)17-5-3-16(15-25)4-6-17/h1-8,11,14,26H,9-10,12-13H2. The molecule has 1 fully saturated rings. The van der Waals surface area contributed by atoms with E-state index >= 15 is 0 Å². The monoisotopic (exact) mass is 386 g/mol. The number of piperidine rings is 1. The Morgan fingerprint density at radius 2 is 1.86 bits per heavy atom. The maximum absolute atomic E-state index is 13.8. The van der Waals surface area contributed by atoms with Gasteiger partial charge in [0, 0.05) is 30.5 Å².